The summed E-state index contributed by atoms with van der Waals surface area (Å²) >= 11 is 1.71. The number of carbonyl (C=O) groups excluding carboxylic acids is 1. The number of nitrogens with zero attached hydrogens (tertiary/aromatic N) is 4. The average molecular weight is 501 g/mol. The fourth-order valence-electron chi connectivity index (χ4n) is 4.70. The van der Waals surface area contributed by atoms with Crippen LogP contribution in [0.15, 0.2) is 59.5 Å². The smallest absolute Gasteiger partial charge is 0.224 e. The molecule has 1 fully saturated rings. The lowest BCUT2D eigenvalue weighted by atomic mass is 10.0. The summed E-state index contributed by atoms with van der Waals surface area (Å²) in [5.74, 6) is 0.956. The van der Waals surface area contributed by atoms with Crippen LogP contribution in [0.4, 0.5) is 0 Å². The lowest BCUT2D eigenvalue weighted by molar-refractivity contribution is -0.132. The molecule has 0 saturated heterocycles. The quantitative estimate of drug-likeness (QED) is 0.263. The first-order chi connectivity index (χ1) is 17.4. The molecule has 1 aliphatic rings. The van der Waals surface area contributed by atoms with Gasteiger partial charge in [-0.15, -0.1) is 11.8 Å². The lowest BCUT2D eigenvalue weighted by Gasteiger charge is -2.24. The van der Waals surface area contributed by atoms with E-state index < -0.39 is 0 Å². The van der Waals surface area contributed by atoms with Crippen LogP contribution in [0.25, 0.3) is 22.2 Å². The van der Waals surface area contributed by atoms with Crippen molar-refractivity contribution in [3.05, 3.63) is 71.5 Å². The van der Waals surface area contributed by atoms with Crippen LogP contribution >= 0.6 is 11.8 Å². The van der Waals surface area contributed by atoms with Crippen molar-refractivity contribution in [3.8, 4) is 17.0 Å². The number of methoxy groups -OCH3 is 1. The normalized spacial score (nSPS) is 13.2. The number of pyridine rings is 1. The highest BCUT2D eigenvalue weighted by atomic mass is 32.2. The van der Waals surface area contributed by atoms with E-state index in [0.29, 0.717) is 25.6 Å². The molecule has 2 heterocycles. The van der Waals surface area contributed by atoms with Crippen LogP contribution < -0.4 is 4.74 Å². The standard InChI is InChI=1S/C29H32N4O2S/c1-19-14-20(2)33(31-19)13-12-28(34)32(24-9-10-24)18-23-15-21-8-11-26(36-4)17-27(21)30-29(23)22-6-5-7-25(16-22)35-3/h5-8,11,14-17,24H,9-10,12-13,18H2,1-4H3. The largest absolute Gasteiger partial charge is 0.497 e. The third kappa shape index (κ3) is 5.26. The number of hydrogen-bond donors (Lipinski definition) is 0. The molecule has 0 bridgehead atoms. The van der Waals surface area contributed by atoms with Crippen molar-refractivity contribution in [2.75, 3.05) is 13.4 Å². The van der Waals surface area contributed by atoms with Gasteiger partial charge >= 0.3 is 0 Å². The van der Waals surface area contributed by atoms with Gasteiger partial charge in [-0.1, -0.05) is 18.2 Å². The Bertz CT molecular complexity index is 1410. The van der Waals surface area contributed by atoms with Crippen LogP contribution in [0.3, 0.4) is 0 Å². The number of fused-ring (bicyclic) bond motifs is 1. The van der Waals surface area contributed by atoms with E-state index in [-0.39, 0.29) is 5.91 Å². The zero-order chi connectivity index (χ0) is 25.2. The number of carbonyl (C=O) groups is 1. The molecule has 36 heavy (non-hydrogen) atoms. The van der Waals surface area contributed by atoms with E-state index in [9.17, 15) is 4.79 Å². The third-order valence-electron chi connectivity index (χ3n) is 6.74. The summed E-state index contributed by atoms with van der Waals surface area (Å²) in [5.41, 5.74) is 5.97. The Morgan fingerprint density at radius 2 is 1.97 bits per heavy atom. The number of benzene rings is 2. The molecule has 0 unspecified atom stereocenters. The maximum absolute atomic E-state index is 13.5. The van der Waals surface area contributed by atoms with Crippen molar-refractivity contribution >= 4 is 28.6 Å². The van der Waals surface area contributed by atoms with Crippen LogP contribution in [0, 0.1) is 13.8 Å². The van der Waals surface area contributed by atoms with Crippen LogP contribution in [-0.4, -0.2) is 45.0 Å². The van der Waals surface area contributed by atoms with E-state index in [1.165, 1.54) is 4.90 Å². The lowest BCUT2D eigenvalue weighted by Crippen LogP contribution is -2.33. The van der Waals surface area contributed by atoms with Gasteiger partial charge in [-0.2, -0.15) is 5.10 Å². The van der Waals surface area contributed by atoms with E-state index >= 15 is 0 Å². The van der Waals surface area contributed by atoms with Gasteiger partial charge in [-0.05, 0) is 74.9 Å². The van der Waals surface area contributed by atoms with Gasteiger partial charge in [0.2, 0.25) is 5.91 Å². The second-order valence-electron chi connectivity index (χ2n) is 9.44. The Morgan fingerprint density at radius 1 is 1.14 bits per heavy atom. The molecule has 1 saturated carbocycles. The zero-order valence-corrected chi connectivity index (χ0v) is 22.1. The maximum atomic E-state index is 13.5. The minimum atomic E-state index is 0.166. The molecule has 2 aromatic heterocycles. The van der Waals surface area contributed by atoms with Crippen LogP contribution in [-0.2, 0) is 17.9 Å². The first-order valence-corrected chi connectivity index (χ1v) is 13.6. The van der Waals surface area contributed by atoms with E-state index in [2.05, 4.69) is 46.6 Å². The molecule has 0 spiro atoms. The Hall–Kier alpha value is -3.32. The Labute approximate surface area is 216 Å². The van der Waals surface area contributed by atoms with Gasteiger partial charge in [0.1, 0.15) is 5.75 Å². The molecule has 7 heteroatoms. The van der Waals surface area contributed by atoms with E-state index in [1.807, 2.05) is 42.8 Å². The zero-order valence-electron chi connectivity index (χ0n) is 21.3. The summed E-state index contributed by atoms with van der Waals surface area (Å²) < 4.78 is 7.42. The molecule has 0 radical (unpaired) electrons. The molecule has 0 atom stereocenters. The summed E-state index contributed by atoms with van der Waals surface area (Å²) in [6, 6.07) is 18.9. The van der Waals surface area contributed by atoms with E-state index in [1.54, 1.807) is 18.9 Å². The number of rotatable bonds is 9. The first kappa shape index (κ1) is 24.4. The van der Waals surface area contributed by atoms with Gasteiger partial charge in [0.25, 0.3) is 0 Å². The number of amides is 1. The molecular weight excluding hydrogens is 468 g/mol. The highest BCUT2D eigenvalue weighted by molar-refractivity contribution is 7.98. The summed E-state index contributed by atoms with van der Waals surface area (Å²) in [5, 5.41) is 5.61. The third-order valence-corrected chi connectivity index (χ3v) is 7.46. The maximum Gasteiger partial charge on any atom is 0.224 e. The minimum absolute atomic E-state index is 0.166. The first-order valence-electron chi connectivity index (χ1n) is 12.4. The van der Waals surface area contributed by atoms with Gasteiger partial charge in [0.15, 0.2) is 0 Å². The molecule has 1 aliphatic carbocycles. The molecule has 2 aromatic carbocycles. The molecular formula is C29H32N4O2S. The predicted molar refractivity (Wildman–Crippen MR) is 145 cm³/mol. The summed E-state index contributed by atoms with van der Waals surface area (Å²) in [6.07, 6.45) is 4.62. The Morgan fingerprint density at radius 3 is 2.67 bits per heavy atom. The molecule has 1 amide bonds. The predicted octanol–water partition coefficient (Wildman–Crippen LogP) is 6.03. The SMILES string of the molecule is COc1cccc(-c2nc3cc(SC)ccc3cc2CN(C(=O)CCn2nc(C)cc2C)C2CC2)c1. The van der Waals surface area contributed by atoms with Gasteiger partial charge in [-0.25, -0.2) is 4.98 Å². The number of aryl methyl sites for hydroxylation is 3. The average Bonchev–Trinajstić information content (AvgIpc) is 3.68. The summed E-state index contributed by atoms with van der Waals surface area (Å²) in [7, 11) is 1.68. The highest BCUT2D eigenvalue weighted by Gasteiger charge is 2.33. The van der Waals surface area contributed by atoms with Gasteiger partial charge < -0.3 is 9.64 Å². The second-order valence-corrected chi connectivity index (χ2v) is 10.3. The molecule has 186 valence electrons. The number of hydrogen-bond acceptors (Lipinski definition) is 5. The van der Waals surface area contributed by atoms with Gasteiger partial charge in [0, 0.05) is 47.1 Å². The molecule has 6 nitrogen and oxygen atoms in total. The van der Waals surface area contributed by atoms with Crippen molar-refractivity contribution in [3.63, 3.8) is 0 Å². The fraction of sp³-hybridized carbons (Fsp3) is 0.345. The number of aromatic nitrogens is 3. The highest BCUT2D eigenvalue weighted by Crippen LogP contribution is 2.34. The van der Waals surface area contributed by atoms with Crippen LogP contribution in [0.2, 0.25) is 0 Å². The molecule has 5 rings (SSSR count). The van der Waals surface area contributed by atoms with Crippen molar-refractivity contribution < 1.29 is 9.53 Å². The summed E-state index contributed by atoms with van der Waals surface area (Å²) in [6.45, 7) is 5.15. The van der Waals surface area contributed by atoms with Crippen molar-refractivity contribution in [2.24, 2.45) is 0 Å². The minimum Gasteiger partial charge on any atom is -0.497 e. The number of ether oxygens (including phenoxy) is 1. The fourth-order valence-corrected chi connectivity index (χ4v) is 5.13. The molecule has 0 aliphatic heterocycles. The Kier molecular flexibility index (Phi) is 7.01. The van der Waals surface area contributed by atoms with E-state index in [4.69, 9.17) is 9.72 Å². The monoisotopic (exact) mass is 500 g/mol. The van der Waals surface area contributed by atoms with E-state index in [0.717, 1.165) is 57.7 Å². The van der Waals surface area contributed by atoms with Crippen molar-refractivity contribution in [1.29, 1.82) is 0 Å². The molecule has 0 N–H and O–H groups in total. The molecule has 4 aromatic rings. The Balaban J connectivity index is 1.49. The summed E-state index contributed by atoms with van der Waals surface area (Å²) in [4.78, 5) is 21.8. The van der Waals surface area contributed by atoms with Crippen LogP contribution in [0.1, 0.15) is 36.2 Å². The second kappa shape index (κ2) is 10.3. The topological polar surface area (TPSA) is 60.2 Å². The van der Waals surface area contributed by atoms with Crippen LogP contribution in [0.5, 0.6) is 5.75 Å². The van der Waals surface area contributed by atoms with Crippen molar-refractivity contribution in [1.82, 2.24) is 19.7 Å². The number of thioether (sulfide) groups is 1. The van der Waals surface area contributed by atoms with Gasteiger partial charge in [-0.3, -0.25) is 9.48 Å². The van der Waals surface area contributed by atoms with Gasteiger partial charge in [0.05, 0.1) is 24.0 Å². The van der Waals surface area contributed by atoms with Crippen molar-refractivity contribution in [2.45, 2.75) is 57.1 Å².